The average molecular weight is 428 g/mol. The van der Waals surface area contributed by atoms with Crippen LogP contribution in [0.15, 0.2) is 76.9 Å². The molecule has 4 N–H and O–H groups in total. The molecule has 0 aliphatic carbocycles. The first-order chi connectivity index (χ1) is 14.0. The number of benzene rings is 2. The van der Waals surface area contributed by atoms with Crippen molar-refractivity contribution in [3.8, 4) is 0 Å². The van der Waals surface area contributed by atoms with Crippen LogP contribution < -0.4 is 11.5 Å². The molecular formula is C23H23Cl2N3O. The summed E-state index contributed by atoms with van der Waals surface area (Å²) >= 11 is 12.1. The Labute approximate surface area is 181 Å². The molecule has 1 unspecified atom stereocenters. The van der Waals surface area contributed by atoms with E-state index in [9.17, 15) is 0 Å². The Balaban J connectivity index is 1.84. The predicted molar refractivity (Wildman–Crippen MR) is 119 cm³/mol. The number of halogens is 2. The highest BCUT2D eigenvalue weighted by Crippen LogP contribution is 2.43. The van der Waals surface area contributed by atoms with Crippen LogP contribution in [-0.4, -0.2) is 31.6 Å². The highest BCUT2D eigenvalue weighted by molar-refractivity contribution is 6.30. The SMILES string of the molecule is CN1CC2=C(OC(N)=C(CN)C2c2ccc(Cl)cc2)/C(=C/c2ccc(Cl)cc2)C1. The molecule has 0 aromatic heterocycles. The maximum atomic E-state index is 6.32. The van der Waals surface area contributed by atoms with Crippen molar-refractivity contribution in [2.45, 2.75) is 5.92 Å². The minimum absolute atomic E-state index is 0.0302. The summed E-state index contributed by atoms with van der Waals surface area (Å²) in [6.45, 7) is 1.87. The number of hydrogen-bond acceptors (Lipinski definition) is 4. The second-order valence-corrected chi connectivity index (χ2v) is 8.30. The van der Waals surface area contributed by atoms with Gasteiger partial charge in [0.1, 0.15) is 5.76 Å². The molecule has 0 amide bonds. The van der Waals surface area contributed by atoms with Crippen LogP contribution in [0.4, 0.5) is 0 Å². The van der Waals surface area contributed by atoms with Crippen LogP contribution in [0.3, 0.4) is 0 Å². The van der Waals surface area contributed by atoms with E-state index in [1.807, 2.05) is 48.5 Å². The fourth-order valence-electron chi connectivity index (χ4n) is 4.02. The maximum Gasteiger partial charge on any atom is 0.192 e. The first kappa shape index (κ1) is 20.0. The molecule has 1 atom stereocenters. The number of nitrogens with two attached hydrogens (primary N) is 2. The molecule has 2 aromatic rings. The van der Waals surface area contributed by atoms with E-state index in [-0.39, 0.29) is 5.92 Å². The minimum Gasteiger partial charge on any atom is -0.441 e. The predicted octanol–water partition coefficient (Wildman–Crippen LogP) is 4.52. The van der Waals surface area contributed by atoms with Gasteiger partial charge in [0.05, 0.1) is 0 Å². The summed E-state index contributed by atoms with van der Waals surface area (Å²) in [5, 5.41) is 1.41. The molecule has 4 rings (SSSR count). The van der Waals surface area contributed by atoms with Crippen LogP contribution in [-0.2, 0) is 4.74 Å². The lowest BCUT2D eigenvalue weighted by molar-refractivity contribution is 0.248. The van der Waals surface area contributed by atoms with Crippen LogP contribution in [0, 0.1) is 0 Å². The van der Waals surface area contributed by atoms with Gasteiger partial charge in [0, 0.05) is 46.7 Å². The van der Waals surface area contributed by atoms with Crippen LogP contribution in [0.25, 0.3) is 6.08 Å². The number of hydrogen-bond donors (Lipinski definition) is 2. The normalized spacial score (nSPS) is 21.4. The fraction of sp³-hybridized carbons (Fsp3) is 0.217. The molecule has 29 heavy (non-hydrogen) atoms. The van der Waals surface area contributed by atoms with Gasteiger partial charge in [-0.1, -0.05) is 47.5 Å². The summed E-state index contributed by atoms with van der Waals surface area (Å²) in [6, 6.07) is 15.6. The third-order valence-electron chi connectivity index (χ3n) is 5.32. The van der Waals surface area contributed by atoms with E-state index < -0.39 is 0 Å². The van der Waals surface area contributed by atoms with E-state index >= 15 is 0 Å². The highest BCUT2D eigenvalue weighted by Gasteiger charge is 2.36. The Bertz CT molecular complexity index is 1010. The molecule has 0 radical (unpaired) electrons. The maximum absolute atomic E-state index is 6.32. The first-order valence-electron chi connectivity index (χ1n) is 9.46. The van der Waals surface area contributed by atoms with Crippen molar-refractivity contribution in [1.82, 2.24) is 4.90 Å². The first-order valence-corrected chi connectivity index (χ1v) is 10.2. The zero-order valence-electron chi connectivity index (χ0n) is 16.2. The molecule has 2 aliphatic rings. The molecule has 0 spiro atoms. The van der Waals surface area contributed by atoms with Crippen molar-refractivity contribution in [3.05, 3.63) is 98.1 Å². The smallest absolute Gasteiger partial charge is 0.192 e. The monoisotopic (exact) mass is 427 g/mol. The lowest BCUT2D eigenvalue weighted by atomic mass is 9.80. The zero-order valence-corrected chi connectivity index (χ0v) is 17.7. The second-order valence-electron chi connectivity index (χ2n) is 7.43. The number of likely N-dealkylation sites (N-methyl/N-ethyl adjacent to an activating group) is 1. The molecule has 150 valence electrons. The van der Waals surface area contributed by atoms with Crippen LogP contribution in [0.1, 0.15) is 17.0 Å². The standard InChI is InChI=1S/C23H23Cl2N3O/c1-28-12-16(10-14-2-6-17(24)7-3-14)22-20(13-28)21(19(11-26)23(27)29-22)15-4-8-18(25)9-5-15/h2-10,21H,11-13,26-27H2,1H3/b16-10+. The van der Waals surface area contributed by atoms with Crippen molar-refractivity contribution < 1.29 is 4.74 Å². The molecule has 0 saturated heterocycles. The molecule has 6 heteroatoms. The van der Waals surface area contributed by atoms with Gasteiger partial charge in [-0.15, -0.1) is 0 Å². The Morgan fingerprint density at radius 2 is 1.66 bits per heavy atom. The molecule has 2 heterocycles. The summed E-state index contributed by atoms with van der Waals surface area (Å²) in [7, 11) is 2.10. The van der Waals surface area contributed by atoms with Crippen LogP contribution in [0.5, 0.6) is 0 Å². The summed E-state index contributed by atoms with van der Waals surface area (Å²) in [5.74, 6) is 1.20. The van der Waals surface area contributed by atoms with Gasteiger partial charge >= 0.3 is 0 Å². The molecular weight excluding hydrogens is 405 g/mol. The summed E-state index contributed by atoms with van der Waals surface area (Å²) in [5.41, 5.74) is 17.7. The van der Waals surface area contributed by atoms with Gasteiger partial charge in [0.2, 0.25) is 0 Å². The van der Waals surface area contributed by atoms with Crippen LogP contribution >= 0.6 is 23.2 Å². The Morgan fingerprint density at radius 1 is 1.03 bits per heavy atom. The van der Waals surface area contributed by atoms with Gasteiger partial charge in [-0.2, -0.15) is 0 Å². The lowest BCUT2D eigenvalue weighted by Crippen LogP contribution is -2.37. The van der Waals surface area contributed by atoms with Crippen molar-refractivity contribution in [2.24, 2.45) is 11.5 Å². The largest absolute Gasteiger partial charge is 0.441 e. The van der Waals surface area contributed by atoms with Crippen molar-refractivity contribution >= 4 is 29.3 Å². The minimum atomic E-state index is -0.0302. The quantitative estimate of drug-likeness (QED) is 0.755. The second kappa shape index (κ2) is 8.25. The van der Waals surface area contributed by atoms with Gasteiger partial charge in [-0.05, 0) is 54.1 Å². The number of rotatable bonds is 3. The molecule has 2 aliphatic heterocycles. The topological polar surface area (TPSA) is 64.5 Å². The lowest BCUT2D eigenvalue weighted by Gasteiger charge is -2.38. The van der Waals surface area contributed by atoms with Crippen LogP contribution in [0.2, 0.25) is 10.0 Å². The third-order valence-corrected chi connectivity index (χ3v) is 5.83. The van der Waals surface area contributed by atoms with Crippen molar-refractivity contribution in [1.29, 1.82) is 0 Å². The van der Waals surface area contributed by atoms with Gasteiger partial charge in [0.15, 0.2) is 5.88 Å². The Hall–Kier alpha value is -2.24. The molecule has 0 saturated carbocycles. The van der Waals surface area contributed by atoms with Crippen molar-refractivity contribution in [2.75, 3.05) is 26.7 Å². The van der Waals surface area contributed by atoms with Gasteiger partial charge in [0.25, 0.3) is 0 Å². The Kier molecular flexibility index (Phi) is 5.70. The van der Waals surface area contributed by atoms with E-state index in [1.54, 1.807) is 0 Å². The van der Waals surface area contributed by atoms with E-state index in [4.69, 9.17) is 39.4 Å². The fourth-order valence-corrected chi connectivity index (χ4v) is 4.27. The molecule has 0 fully saturated rings. The van der Waals surface area contributed by atoms with Crippen molar-refractivity contribution in [3.63, 3.8) is 0 Å². The van der Waals surface area contributed by atoms with Gasteiger partial charge in [-0.3, -0.25) is 4.90 Å². The van der Waals surface area contributed by atoms with E-state index in [0.717, 1.165) is 46.7 Å². The molecule has 2 aromatic carbocycles. The number of ether oxygens (including phenoxy) is 1. The van der Waals surface area contributed by atoms with Gasteiger partial charge < -0.3 is 16.2 Å². The zero-order chi connectivity index (χ0) is 20.5. The molecule has 0 bridgehead atoms. The number of nitrogens with zero attached hydrogens (tertiary/aromatic N) is 1. The van der Waals surface area contributed by atoms with Gasteiger partial charge in [-0.25, -0.2) is 0 Å². The summed E-state index contributed by atoms with van der Waals surface area (Å²) in [4.78, 5) is 2.27. The van der Waals surface area contributed by atoms with E-state index in [0.29, 0.717) is 22.5 Å². The highest BCUT2D eigenvalue weighted by atomic mass is 35.5. The Morgan fingerprint density at radius 3 is 2.28 bits per heavy atom. The van der Waals surface area contributed by atoms with E-state index in [1.165, 1.54) is 0 Å². The summed E-state index contributed by atoms with van der Waals surface area (Å²) < 4.78 is 6.14. The summed E-state index contributed by atoms with van der Waals surface area (Å²) in [6.07, 6.45) is 2.13. The van der Waals surface area contributed by atoms with E-state index in [2.05, 4.69) is 18.0 Å². The third kappa shape index (κ3) is 4.07. The average Bonchev–Trinajstić information content (AvgIpc) is 2.70. The molecule has 4 nitrogen and oxygen atoms in total.